The lowest BCUT2D eigenvalue weighted by Gasteiger charge is -2.21. The van der Waals surface area contributed by atoms with Gasteiger partial charge in [0, 0.05) is 21.0 Å². The standard InChI is InChI=1S/C17H19Br2N/c1-12(11-14-7-9-15(18)10-8-14)20-13(2)16-5-3-4-6-17(16)19/h3-10,12-13,20H,11H2,1-2H3. The van der Waals surface area contributed by atoms with E-state index in [9.17, 15) is 0 Å². The van der Waals surface area contributed by atoms with Crippen molar-refractivity contribution < 1.29 is 0 Å². The molecule has 2 atom stereocenters. The molecule has 0 fully saturated rings. The second-order valence-corrected chi connectivity index (χ2v) is 6.91. The van der Waals surface area contributed by atoms with Crippen LogP contribution in [0, 0.1) is 0 Å². The SMILES string of the molecule is CC(Cc1ccc(Br)cc1)NC(C)c1ccccc1Br. The molecule has 106 valence electrons. The summed E-state index contributed by atoms with van der Waals surface area (Å²) in [7, 11) is 0. The smallest absolute Gasteiger partial charge is 0.0305 e. The number of hydrogen-bond acceptors (Lipinski definition) is 1. The van der Waals surface area contributed by atoms with E-state index in [1.165, 1.54) is 11.1 Å². The Labute approximate surface area is 138 Å². The third-order valence-corrected chi connectivity index (χ3v) is 4.61. The van der Waals surface area contributed by atoms with Gasteiger partial charge in [0.2, 0.25) is 0 Å². The summed E-state index contributed by atoms with van der Waals surface area (Å²) in [5.74, 6) is 0. The van der Waals surface area contributed by atoms with Crippen LogP contribution < -0.4 is 5.32 Å². The van der Waals surface area contributed by atoms with E-state index >= 15 is 0 Å². The summed E-state index contributed by atoms with van der Waals surface area (Å²) in [6.45, 7) is 4.44. The Morgan fingerprint density at radius 2 is 1.60 bits per heavy atom. The van der Waals surface area contributed by atoms with Crippen LogP contribution in [0.2, 0.25) is 0 Å². The monoisotopic (exact) mass is 395 g/mol. The average Bonchev–Trinajstić information content (AvgIpc) is 2.41. The molecule has 0 saturated carbocycles. The maximum atomic E-state index is 3.66. The summed E-state index contributed by atoms with van der Waals surface area (Å²) in [6, 6.07) is 17.7. The number of rotatable bonds is 5. The molecule has 0 radical (unpaired) electrons. The normalized spacial score (nSPS) is 14.0. The van der Waals surface area contributed by atoms with Gasteiger partial charge < -0.3 is 5.32 Å². The summed E-state index contributed by atoms with van der Waals surface area (Å²) in [6.07, 6.45) is 1.03. The molecule has 2 unspecified atom stereocenters. The minimum absolute atomic E-state index is 0.330. The number of benzene rings is 2. The lowest BCUT2D eigenvalue weighted by molar-refractivity contribution is 0.476. The molecule has 0 aliphatic rings. The van der Waals surface area contributed by atoms with Crippen molar-refractivity contribution >= 4 is 31.9 Å². The fraction of sp³-hybridized carbons (Fsp3) is 0.294. The molecule has 0 amide bonds. The summed E-state index contributed by atoms with van der Waals surface area (Å²) < 4.78 is 2.29. The highest BCUT2D eigenvalue weighted by molar-refractivity contribution is 9.10. The van der Waals surface area contributed by atoms with Crippen molar-refractivity contribution in [2.45, 2.75) is 32.4 Å². The number of halogens is 2. The summed E-state index contributed by atoms with van der Waals surface area (Å²) in [5, 5.41) is 3.66. The third-order valence-electron chi connectivity index (χ3n) is 3.36. The fourth-order valence-corrected chi connectivity index (χ4v) is 3.27. The van der Waals surface area contributed by atoms with E-state index in [1.807, 2.05) is 6.07 Å². The van der Waals surface area contributed by atoms with Crippen molar-refractivity contribution in [1.82, 2.24) is 5.32 Å². The van der Waals surface area contributed by atoms with E-state index in [4.69, 9.17) is 0 Å². The van der Waals surface area contributed by atoms with Crippen molar-refractivity contribution in [1.29, 1.82) is 0 Å². The average molecular weight is 397 g/mol. The Morgan fingerprint density at radius 3 is 2.25 bits per heavy atom. The number of hydrogen-bond donors (Lipinski definition) is 1. The summed E-state index contributed by atoms with van der Waals surface area (Å²) in [5.41, 5.74) is 2.66. The van der Waals surface area contributed by atoms with E-state index in [1.54, 1.807) is 0 Å². The van der Waals surface area contributed by atoms with Gasteiger partial charge >= 0.3 is 0 Å². The highest BCUT2D eigenvalue weighted by atomic mass is 79.9. The first-order valence-corrected chi connectivity index (χ1v) is 8.40. The predicted octanol–water partition coefficient (Wildman–Crippen LogP) is 5.49. The fourth-order valence-electron chi connectivity index (χ4n) is 2.38. The Balaban J connectivity index is 1.96. The van der Waals surface area contributed by atoms with Crippen LogP contribution in [0.4, 0.5) is 0 Å². The predicted molar refractivity (Wildman–Crippen MR) is 93.0 cm³/mol. The van der Waals surface area contributed by atoms with Gasteiger partial charge in [-0.15, -0.1) is 0 Å². The molecule has 0 aliphatic heterocycles. The van der Waals surface area contributed by atoms with Crippen LogP contribution in [0.25, 0.3) is 0 Å². The topological polar surface area (TPSA) is 12.0 Å². The Bertz CT molecular complexity index is 551. The lowest BCUT2D eigenvalue weighted by Crippen LogP contribution is -2.30. The van der Waals surface area contributed by atoms with Gasteiger partial charge in [0.1, 0.15) is 0 Å². The Kier molecular flexibility index (Phi) is 5.82. The van der Waals surface area contributed by atoms with Gasteiger partial charge in [-0.1, -0.05) is 62.2 Å². The molecule has 1 nitrogen and oxygen atoms in total. The molecule has 2 aromatic rings. The van der Waals surface area contributed by atoms with Crippen LogP contribution in [0.1, 0.15) is 31.0 Å². The summed E-state index contributed by atoms with van der Waals surface area (Å²) in [4.78, 5) is 0. The van der Waals surface area contributed by atoms with Gasteiger partial charge in [0.05, 0.1) is 0 Å². The first-order valence-electron chi connectivity index (χ1n) is 6.81. The molecule has 0 aliphatic carbocycles. The molecule has 3 heteroatoms. The molecule has 0 aromatic heterocycles. The molecule has 0 bridgehead atoms. The van der Waals surface area contributed by atoms with E-state index in [0.717, 1.165) is 15.4 Å². The molecule has 0 heterocycles. The van der Waals surface area contributed by atoms with Crippen LogP contribution in [0.15, 0.2) is 57.5 Å². The second kappa shape index (κ2) is 7.39. The molecule has 2 aromatic carbocycles. The van der Waals surface area contributed by atoms with Crippen molar-refractivity contribution in [3.05, 3.63) is 68.6 Å². The van der Waals surface area contributed by atoms with Crippen molar-refractivity contribution in [2.75, 3.05) is 0 Å². The zero-order valence-electron chi connectivity index (χ0n) is 11.7. The van der Waals surface area contributed by atoms with Gasteiger partial charge in [-0.2, -0.15) is 0 Å². The molecular weight excluding hydrogens is 378 g/mol. The molecule has 1 N–H and O–H groups in total. The molecule has 0 saturated heterocycles. The second-order valence-electron chi connectivity index (χ2n) is 5.14. The van der Waals surface area contributed by atoms with E-state index in [2.05, 4.69) is 93.5 Å². The van der Waals surface area contributed by atoms with E-state index in [0.29, 0.717) is 12.1 Å². The highest BCUT2D eigenvalue weighted by Crippen LogP contribution is 2.23. The van der Waals surface area contributed by atoms with E-state index < -0.39 is 0 Å². The first-order chi connectivity index (χ1) is 9.56. The third kappa shape index (κ3) is 4.44. The van der Waals surface area contributed by atoms with Crippen LogP contribution in [-0.4, -0.2) is 6.04 Å². The van der Waals surface area contributed by atoms with Gasteiger partial charge in [-0.3, -0.25) is 0 Å². The van der Waals surface area contributed by atoms with Crippen LogP contribution in [-0.2, 0) is 6.42 Å². The zero-order valence-corrected chi connectivity index (χ0v) is 14.9. The quantitative estimate of drug-likeness (QED) is 0.704. The molecule has 20 heavy (non-hydrogen) atoms. The highest BCUT2D eigenvalue weighted by Gasteiger charge is 2.12. The van der Waals surface area contributed by atoms with Crippen molar-refractivity contribution in [3.8, 4) is 0 Å². The largest absolute Gasteiger partial charge is 0.307 e. The van der Waals surface area contributed by atoms with Gasteiger partial charge in [-0.25, -0.2) is 0 Å². The van der Waals surface area contributed by atoms with Crippen molar-refractivity contribution in [3.63, 3.8) is 0 Å². The molecule has 2 rings (SSSR count). The first kappa shape index (κ1) is 15.7. The van der Waals surface area contributed by atoms with Crippen LogP contribution in [0.3, 0.4) is 0 Å². The maximum absolute atomic E-state index is 3.66. The zero-order chi connectivity index (χ0) is 14.5. The van der Waals surface area contributed by atoms with Gasteiger partial charge in [0.15, 0.2) is 0 Å². The summed E-state index contributed by atoms with van der Waals surface area (Å²) >= 11 is 7.09. The van der Waals surface area contributed by atoms with Crippen LogP contribution >= 0.6 is 31.9 Å². The van der Waals surface area contributed by atoms with E-state index in [-0.39, 0.29) is 0 Å². The molecular formula is C17H19Br2N. The Morgan fingerprint density at radius 1 is 0.950 bits per heavy atom. The van der Waals surface area contributed by atoms with Gasteiger partial charge in [0.25, 0.3) is 0 Å². The maximum Gasteiger partial charge on any atom is 0.0305 e. The Hall–Kier alpha value is -0.640. The van der Waals surface area contributed by atoms with Gasteiger partial charge in [-0.05, 0) is 49.6 Å². The minimum Gasteiger partial charge on any atom is -0.307 e. The lowest BCUT2D eigenvalue weighted by atomic mass is 10.0. The molecule has 0 spiro atoms. The number of nitrogens with one attached hydrogen (secondary N) is 1. The minimum atomic E-state index is 0.330. The van der Waals surface area contributed by atoms with Crippen LogP contribution in [0.5, 0.6) is 0 Å². The van der Waals surface area contributed by atoms with Crippen molar-refractivity contribution in [2.24, 2.45) is 0 Å².